The molecular formula is C7H13NO2S. The molecule has 1 heterocycles. The van der Waals surface area contributed by atoms with Crippen LogP contribution in [-0.4, -0.2) is 41.0 Å². The topological polar surface area (TPSA) is 32.7 Å². The molecule has 1 fully saturated rings. The predicted molar refractivity (Wildman–Crippen MR) is 46.4 cm³/mol. The minimum absolute atomic E-state index is 0.209. The fourth-order valence-electron chi connectivity index (χ4n) is 1.15. The Bertz CT molecular complexity index is 151. The van der Waals surface area contributed by atoms with E-state index in [0.717, 1.165) is 13.0 Å². The number of hydrogen-bond donors (Lipinski definition) is 1. The second-order valence-corrected chi connectivity index (χ2v) is 3.02. The summed E-state index contributed by atoms with van der Waals surface area (Å²) in [6.07, 6.45) is 0.753. The summed E-state index contributed by atoms with van der Waals surface area (Å²) in [6.45, 7) is 3.80. The molecule has 4 heteroatoms. The van der Waals surface area contributed by atoms with Crippen LogP contribution in [0.1, 0.15) is 13.3 Å². The predicted octanol–water partition coefficient (Wildman–Crippen LogP) is 0.374. The average Bonchev–Trinajstić information content (AvgIpc) is 2.36. The summed E-state index contributed by atoms with van der Waals surface area (Å²) in [6, 6.07) is 0.301. The molecule has 64 valence electrons. The van der Waals surface area contributed by atoms with Crippen molar-refractivity contribution in [1.29, 1.82) is 0 Å². The van der Waals surface area contributed by atoms with Crippen LogP contribution in [-0.2, 0) is 4.74 Å². The normalized spacial score (nSPS) is 20.2. The van der Waals surface area contributed by atoms with Crippen LogP contribution in [0.3, 0.4) is 0 Å². The van der Waals surface area contributed by atoms with Gasteiger partial charge in [-0.2, -0.15) is 0 Å². The molecule has 1 aliphatic heterocycles. The first-order chi connectivity index (χ1) is 5.25. The van der Waals surface area contributed by atoms with Gasteiger partial charge < -0.3 is 14.7 Å². The summed E-state index contributed by atoms with van der Waals surface area (Å²) in [5.41, 5.74) is 0. The molecule has 0 bridgehead atoms. The summed E-state index contributed by atoms with van der Waals surface area (Å²) in [7, 11) is 0. The van der Waals surface area contributed by atoms with Gasteiger partial charge in [-0.25, -0.2) is 0 Å². The largest absolute Gasteiger partial charge is 0.469 e. The molecule has 1 saturated heterocycles. The number of nitrogens with zero attached hydrogens (tertiary/aromatic N) is 1. The van der Waals surface area contributed by atoms with E-state index in [1.54, 1.807) is 0 Å². The summed E-state index contributed by atoms with van der Waals surface area (Å²) in [4.78, 5) is 2.01. The lowest BCUT2D eigenvalue weighted by Gasteiger charge is -2.22. The van der Waals surface area contributed by atoms with Gasteiger partial charge in [0.05, 0.1) is 6.54 Å². The van der Waals surface area contributed by atoms with Crippen LogP contribution >= 0.6 is 12.2 Å². The average molecular weight is 175 g/mol. The third-order valence-corrected chi connectivity index (χ3v) is 2.22. The van der Waals surface area contributed by atoms with E-state index in [4.69, 9.17) is 22.1 Å². The minimum Gasteiger partial charge on any atom is -0.469 e. The molecule has 0 aromatic carbocycles. The molecule has 0 aliphatic carbocycles. The highest BCUT2D eigenvalue weighted by atomic mass is 32.1. The minimum atomic E-state index is 0.209. The molecule has 0 aromatic rings. The Morgan fingerprint density at radius 3 is 3.00 bits per heavy atom. The highest BCUT2D eigenvalue weighted by molar-refractivity contribution is 7.80. The Kier molecular flexibility index (Phi) is 3.08. The summed E-state index contributed by atoms with van der Waals surface area (Å²) in [5, 5.41) is 9.25. The zero-order chi connectivity index (χ0) is 8.27. The molecule has 1 rings (SSSR count). The van der Waals surface area contributed by atoms with Crippen molar-refractivity contribution >= 4 is 17.4 Å². The summed E-state index contributed by atoms with van der Waals surface area (Å²) < 4.78 is 5.11. The fourth-order valence-corrected chi connectivity index (χ4v) is 1.50. The third kappa shape index (κ3) is 2.04. The molecular weight excluding hydrogens is 162 g/mol. The molecule has 1 aliphatic rings. The van der Waals surface area contributed by atoms with Gasteiger partial charge in [-0.1, -0.05) is 0 Å². The first-order valence-corrected chi connectivity index (χ1v) is 4.21. The molecule has 3 nitrogen and oxygen atoms in total. The fraction of sp³-hybridized carbons (Fsp3) is 0.857. The van der Waals surface area contributed by atoms with Gasteiger partial charge in [0, 0.05) is 12.6 Å². The maximum Gasteiger partial charge on any atom is 0.259 e. The number of thiocarbonyl (C=S) groups is 1. The Balaban J connectivity index is 2.39. The van der Waals surface area contributed by atoms with Gasteiger partial charge in [0.15, 0.2) is 0 Å². The van der Waals surface area contributed by atoms with E-state index in [-0.39, 0.29) is 6.61 Å². The highest BCUT2D eigenvalue weighted by Crippen LogP contribution is 2.10. The number of hydrogen-bond acceptors (Lipinski definition) is 3. The van der Waals surface area contributed by atoms with E-state index in [2.05, 4.69) is 0 Å². The maximum atomic E-state index is 8.67. The number of aliphatic hydroxyl groups is 1. The van der Waals surface area contributed by atoms with Gasteiger partial charge in [0.25, 0.3) is 5.17 Å². The van der Waals surface area contributed by atoms with Gasteiger partial charge in [0.1, 0.15) is 6.61 Å². The van der Waals surface area contributed by atoms with Crippen LogP contribution in [0.25, 0.3) is 0 Å². The Hall–Kier alpha value is -0.350. The van der Waals surface area contributed by atoms with E-state index in [1.165, 1.54) is 0 Å². The van der Waals surface area contributed by atoms with Crippen molar-refractivity contribution in [2.75, 3.05) is 19.8 Å². The van der Waals surface area contributed by atoms with Gasteiger partial charge >= 0.3 is 0 Å². The van der Waals surface area contributed by atoms with Crippen molar-refractivity contribution in [1.82, 2.24) is 4.90 Å². The van der Waals surface area contributed by atoms with E-state index >= 15 is 0 Å². The number of aliphatic hydroxyl groups excluding tert-OH is 1. The van der Waals surface area contributed by atoms with Crippen LogP contribution in [0.15, 0.2) is 0 Å². The lowest BCUT2D eigenvalue weighted by molar-refractivity contribution is 0.237. The second-order valence-electron chi connectivity index (χ2n) is 2.67. The molecule has 11 heavy (non-hydrogen) atoms. The Morgan fingerprint density at radius 1 is 1.82 bits per heavy atom. The standard InChI is InChI=1S/C7H13NO2S/c1-6(2-4-9)8-3-5-10-7(8)11/h6,9H,2-5H2,1H3/t6-/m0/s1. The molecule has 0 radical (unpaired) electrons. The van der Waals surface area contributed by atoms with Gasteiger partial charge in [-0.05, 0) is 25.6 Å². The molecule has 0 amide bonds. The van der Waals surface area contributed by atoms with Crippen molar-refractivity contribution in [3.8, 4) is 0 Å². The smallest absolute Gasteiger partial charge is 0.259 e. The van der Waals surface area contributed by atoms with Gasteiger partial charge in [-0.15, -0.1) is 0 Å². The molecule has 1 atom stereocenters. The van der Waals surface area contributed by atoms with Gasteiger partial charge in [0.2, 0.25) is 0 Å². The third-order valence-electron chi connectivity index (χ3n) is 1.87. The summed E-state index contributed by atoms with van der Waals surface area (Å²) >= 11 is 4.95. The van der Waals surface area contributed by atoms with Crippen molar-refractivity contribution in [3.05, 3.63) is 0 Å². The number of rotatable bonds is 3. The molecule has 1 N–H and O–H groups in total. The van der Waals surface area contributed by atoms with E-state index in [0.29, 0.717) is 17.8 Å². The van der Waals surface area contributed by atoms with Crippen molar-refractivity contribution in [2.24, 2.45) is 0 Å². The Morgan fingerprint density at radius 2 is 2.55 bits per heavy atom. The number of ether oxygens (including phenoxy) is 1. The van der Waals surface area contributed by atoms with Crippen LogP contribution in [0.4, 0.5) is 0 Å². The van der Waals surface area contributed by atoms with Crippen molar-refractivity contribution in [2.45, 2.75) is 19.4 Å². The summed E-state index contributed by atoms with van der Waals surface area (Å²) in [5.74, 6) is 0. The highest BCUT2D eigenvalue weighted by Gasteiger charge is 2.22. The van der Waals surface area contributed by atoms with Crippen LogP contribution in [0, 0.1) is 0 Å². The van der Waals surface area contributed by atoms with Crippen LogP contribution in [0.2, 0.25) is 0 Å². The van der Waals surface area contributed by atoms with Crippen LogP contribution < -0.4 is 0 Å². The molecule has 0 aromatic heterocycles. The van der Waals surface area contributed by atoms with Gasteiger partial charge in [-0.3, -0.25) is 0 Å². The van der Waals surface area contributed by atoms with E-state index in [9.17, 15) is 0 Å². The van der Waals surface area contributed by atoms with Crippen LogP contribution in [0.5, 0.6) is 0 Å². The lowest BCUT2D eigenvalue weighted by Crippen LogP contribution is -2.34. The quantitative estimate of drug-likeness (QED) is 0.628. The monoisotopic (exact) mass is 175 g/mol. The molecule has 0 saturated carbocycles. The van der Waals surface area contributed by atoms with Crippen molar-refractivity contribution < 1.29 is 9.84 Å². The molecule has 0 unspecified atom stereocenters. The lowest BCUT2D eigenvalue weighted by atomic mass is 10.2. The zero-order valence-electron chi connectivity index (χ0n) is 6.62. The first-order valence-electron chi connectivity index (χ1n) is 3.80. The SMILES string of the molecule is C[C@@H](CCO)N1CCOC1=S. The second kappa shape index (κ2) is 3.88. The first kappa shape index (κ1) is 8.74. The van der Waals surface area contributed by atoms with E-state index < -0.39 is 0 Å². The van der Waals surface area contributed by atoms with E-state index in [1.807, 2.05) is 11.8 Å². The molecule has 0 spiro atoms. The Labute approximate surface area is 71.9 Å². The van der Waals surface area contributed by atoms with Crippen molar-refractivity contribution in [3.63, 3.8) is 0 Å². The zero-order valence-corrected chi connectivity index (χ0v) is 7.43. The maximum absolute atomic E-state index is 8.67.